The second-order valence-corrected chi connectivity index (χ2v) is 8.66. The Labute approximate surface area is 181 Å². The van der Waals surface area contributed by atoms with Crippen LogP contribution in [0, 0.1) is 16.7 Å². The zero-order valence-electron chi connectivity index (χ0n) is 17.1. The summed E-state index contributed by atoms with van der Waals surface area (Å²) in [7, 11) is 1.91. The van der Waals surface area contributed by atoms with Gasteiger partial charge in [-0.25, -0.2) is 4.98 Å². The van der Waals surface area contributed by atoms with Gasteiger partial charge in [-0.2, -0.15) is 5.26 Å². The number of anilines is 1. The van der Waals surface area contributed by atoms with Gasteiger partial charge in [0.05, 0.1) is 22.2 Å². The average molecular weight is 419 g/mol. The molecular formula is C23H26N6S. The van der Waals surface area contributed by atoms with Crippen LogP contribution in [0.4, 0.5) is 5.13 Å². The number of hydrogen-bond acceptors (Lipinski definition) is 7. The zero-order chi connectivity index (χ0) is 21.1. The van der Waals surface area contributed by atoms with Crippen molar-refractivity contribution in [1.29, 1.82) is 10.7 Å². The van der Waals surface area contributed by atoms with Crippen molar-refractivity contribution >= 4 is 28.3 Å². The van der Waals surface area contributed by atoms with Crippen LogP contribution in [-0.2, 0) is 0 Å². The van der Waals surface area contributed by atoms with Crippen molar-refractivity contribution in [2.24, 2.45) is 5.73 Å². The molecule has 2 aromatic rings. The Morgan fingerprint density at radius 3 is 2.63 bits per heavy atom. The third-order valence-corrected chi connectivity index (χ3v) is 6.98. The maximum absolute atomic E-state index is 9.14. The average Bonchev–Trinajstić information content (AvgIpc) is 3.24. The first kappa shape index (κ1) is 20.3. The summed E-state index contributed by atoms with van der Waals surface area (Å²) in [5.41, 5.74) is 11.9. The van der Waals surface area contributed by atoms with Crippen molar-refractivity contribution in [2.75, 3.05) is 25.0 Å². The van der Waals surface area contributed by atoms with Gasteiger partial charge in [-0.15, -0.1) is 0 Å². The molecule has 0 atom stereocenters. The van der Waals surface area contributed by atoms with Gasteiger partial charge in [0.1, 0.15) is 0 Å². The molecule has 154 valence electrons. The number of benzene rings is 1. The van der Waals surface area contributed by atoms with Crippen molar-refractivity contribution in [1.82, 2.24) is 10.3 Å². The van der Waals surface area contributed by atoms with Crippen LogP contribution in [0.25, 0.3) is 16.8 Å². The second kappa shape index (κ2) is 8.82. The fourth-order valence-electron chi connectivity index (χ4n) is 3.98. The number of allylic oxidation sites excluding steroid dienone is 4. The molecule has 1 aromatic heterocycles. The lowest BCUT2D eigenvalue weighted by atomic mass is 9.94. The Balaban J connectivity index is 1.78. The molecule has 1 fully saturated rings. The topological polar surface area (TPSA) is 102 Å². The molecule has 0 spiro atoms. The summed E-state index contributed by atoms with van der Waals surface area (Å²) >= 11 is 1.72. The molecule has 1 saturated heterocycles. The largest absolute Gasteiger partial charge is 0.391 e. The van der Waals surface area contributed by atoms with E-state index in [1.54, 1.807) is 11.3 Å². The maximum Gasteiger partial charge on any atom is 0.186 e. The van der Waals surface area contributed by atoms with Crippen LogP contribution in [0.2, 0.25) is 0 Å². The number of nitrogens with two attached hydrogens (primary N) is 1. The highest BCUT2D eigenvalue weighted by Crippen LogP contribution is 2.42. The first-order valence-electron chi connectivity index (χ1n) is 10.3. The molecule has 30 heavy (non-hydrogen) atoms. The van der Waals surface area contributed by atoms with Gasteiger partial charge >= 0.3 is 0 Å². The standard InChI is InChI=1S/C23H26N6S/c1-27-20-7-6-17(12-18(20)14-25)22-21(16-4-2-15(13-24)3-5-16)28-23(30-22)29-10-8-19(26)9-11-29/h2-5,12,14,19,25,27H,6-11,26H2,1H3. The highest BCUT2D eigenvalue weighted by molar-refractivity contribution is 7.17. The molecule has 7 heteroatoms. The fraction of sp³-hybridized carbons (Fsp3) is 0.348. The fourth-order valence-corrected chi connectivity index (χ4v) is 5.16. The smallest absolute Gasteiger partial charge is 0.186 e. The van der Waals surface area contributed by atoms with Crippen LogP contribution in [0.15, 0.2) is 41.6 Å². The summed E-state index contributed by atoms with van der Waals surface area (Å²) in [5.74, 6) is 0. The summed E-state index contributed by atoms with van der Waals surface area (Å²) < 4.78 is 0. The molecule has 1 aliphatic heterocycles. The first-order chi connectivity index (χ1) is 14.6. The van der Waals surface area contributed by atoms with Gasteiger partial charge in [-0.05, 0) is 49.5 Å². The van der Waals surface area contributed by atoms with E-state index >= 15 is 0 Å². The molecule has 2 heterocycles. The summed E-state index contributed by atoms with van der Waals surface area (Å²) in [6.45, 7) is 1.85. The predicted octanol–water partition coefficient (Wildman–Crippen LogP) is 3.91. The Morgan fingerprint density at radius 2 is 2.00 bits per heavy atom. The quantitative estimate of drug-likeness (QED) is 0.639. The minimum atomic E-state index is 0.278. The molecule has 1 aliphatic carbocycles. The van der Waals surface area contributed by atoms with Gasteiger partial charge in [-0.1, -0.05) is 23.5 Å². The van der Waals surface area contributed by atoms with Crippen molar-refractivity contribution in [3.63, 3.8) is 0 Å². The van der Waals surface area contributed by atoms with E-state index in [1.165, 1.54) is 11.8 Å². The molecule has 0 bridgehead atoms. The number of thiazole rings is 1. The third-order valence-electron chi connectivity index (χ3n) is 5.78. The SMILES string of the molecule is CNC1=C(C=N)C=C(c2sc(N3CCC(N)CC3)nc2-c2ccc(C#N)cc2)CC1. The van der Waals surface area contributed by atoms with E-state index in [1.807, 2.05) is 31.3 Å². The van der Waals surface area contributed by atoms with Gasteiger partial charge in [0.15, 0.2) is 5.13 Å². The number of nitriles is 1. The van der Waals surface area contributed by atoms with Gasteiger partial charge in [-0.3, -0.25) is 0 Å². The van der Waals surface area contributed by atoms with E-state index < -0.39 is 0 Å². The number of rotatable bonds is 5. The molecule has 2 aliphatic rings. The number of hydrogen-bond donors (Lipinski definition) is 3. The maximum atomic E-state index is 9.14. The monoisotopic (exact) mass is 418 g/mol. The Bertz CT molecular complexity index is 1030. The molecule has 0 amide bonds. The van der Waals surface area contributed by atoms with E-state index in [-0.39, 0.29) is 6.04 Å². The third kappa shape index (κ3) is 4.02. The normalized spacial score (nSPS) is 17.5. The highest BCUT2D eigenvalue weighted by atomic mass is 32.1. The molecule has 0 radical (unpaired) electrons. The Kier molecular flexibility index (Phi) is 5.98. The van der Waals surface area contributed by atoms with E-state index in [0.717, 1.165) is 71.3 Å². The van der Waals surface area contributed by atoms with Gasteiger partial charge in [0, 0.05) is 49.2 Å². The lowest BCUT2D eigenvalue weighted by Crippen LogP contribution is -2.39. The van der Waals surface area contributed by atoms with E-state index in [4.69, 9.17) is 21.4 Å². The van der Waals surface area contributed by atoms with Gasteiger partial charge in [0.2, 0.25) is 0 Å². The lowest BCUT2D eigenvalue weighted by molar-refractivity contribution is 0.501. The molecule has 6 nitrogen and oxygen atoms in total. The van der Waals surface area contributed by atoms with Crippen LogP contribution < -0.4 is 16.0 Å². The van der Waals surface area contributed by atoms with Crippen molar-refractivity contribution in [2.45, 2.75) is 31.7 Å². The van der Waals surface area contributed by atoms with Crippen LogP contribution in [0.5, 0.6) is 0 Å². The molecular weight excluding hydrogens is 392 g/mol. The minimum Gasteiger partial charge on any atom is -0.391 e. The number of piperidine rings is 1. The van der Waals surface area contributed by atoms with E-state index in [0.29, 0.717) is 5.56 Å². The van der Waals surface area contributed by atoms with Crippen molar-refractivity contribution in [3.05, 3.63) is 52.1 Å². The van der Waals surface area contributed by atoms with Gasteiger partial charge in [0.25, 0.3) is 0 Å². The van der Waals surface area contributed by atoms with E-state index in [9.17, 15) is 0 Å². The number of aromatic nitrogens is 1. The Hall–Kier alpha value is -2.95. The summed E-state index contributed by atoms with van der Waals surface area (Å²) in [4.78, 5) is 8.53. The highest BCUT2D eigenvalue weighted by Gasteiger charge is 2.24. The second-order valence-electron chi connectivity index (χ2n) is 7.69. The van der Waals surface area contributed by atoms with Crippen LogP contribution in [0.1, 0.15) is 36.1 Å². The Morgan fingerprint density at radius 1 is 1.27 bits per heavy atom. The van der Waals surface area contributed by atoms with Crippen LogP contribution >= 0.6 is 11.3 Å². The molecule has 0 saturated carbocycles. The summed E-state index contributed by atoms with van der Waals surface area (Å²) in [6, 6.07) is 10.1. The zero-order valence-corrected chi connectivity index (χ0v) is 17.9. The lowest BCUT2D eigenvalue weighted by Gasteiger charge is -2.29. The summed E-state index contributed by atoms with van der Waals surface area (Å²) in [5, 5.41) is 21.2. The van der Waals surface area contributed by atoms with Gasteiger partial charge < -0.3 is 21.4 Å². The van der Waals surface area contributed by atoms with Crippen molar-refractivity contribution in [3.8, 4) is 17.3 Å². The van der Waals surface area contributed by atoms with E-state index in [2.05, 4.69) is 22.4 Å². The summed E-state index contributed by atoms with van der Waals surface area (Å²) in [6.07, 6.45) is 7.28. The first-order valence-corrected chi connectivity index (χ1v) is 11.1. The molecule has 0 unspecified atom stereocenters. The number of nitrogens with one attached hydrogen (secondary N) is 2. The molecule has 4 rings (SSSR count). The van der Waals surface area contributed by atoms with Crippen molar-refractivity contribution < 1.29 is 0 Å². The molecule has 1 aromatic carbocycles. The minimum absolute atomic E-state index is 0.278. The predicted molar refractivity (Wildman–Crippen MR) is 124 cm³/mol. The molecule has 4 N–H and O–H groups in total. The van der Waals surface area contributed by atoms with Crippen LogP contribution in [-0.4, -0.2) is 37.4 Å². The van der Waals surface area contributed by atoms with Crippen LogP contribution in [0.3, 0.4) is 0 Å². The number of nitrogens with zero attached hydrogens (tertiary/aromatic N) is 3.